The van der Waals surface area contributed by atoms with Crippen molar-refractivity contribution < 1.29 is 4.74 Å². The number of nitrogens with zero attached hydrogens (tertiary/aromatic N) is 5. The number of aromatic amines is 1. The lowest BCUT2D eigenvalue weighted by Gasteiger charge is -2.28. The Morgan fingerprint density at radius 3 is 2.56 bits per heavy atom. The molecule has 2 aliphatic rings. The number of rotatable bonds is 5. The molecule has 1 aliphatic carbocycles. The molecule has 8 rings (SSSR count). The zero-order valence-corrected chi connectivity index (χ0v) is 23.9. The third kappa shape index (κ3) is 4.53. The van der Waals surface area contributed by atoms with Gasteiger partial charge < -0.3 is 20.4 Å². The number of nitrogens with two attached hydrogens (primary N) is 1. The fraction of sp³-hybridized carbons (Fsp3) is 0.235. The number of benzene rings is 3. The van der Waals surface area contributed by atoms with Crippen LogP contribution in [0.15, 0.2) is 77.7 Å². The Bertz CT molecular complexity index is 2070. The monoisotopic (exact) mass is 569 g/mol. The zero-order valence-electron chi connectivity index (χ0n) is 23.9. The Hall–Kier alpha value is -5.02. The summed E-state index contributed by atoms with van der Waals surface area (Å²) >= 11 is 0. The Morgan fingerprint density at radius 2 is 1.77 bits per heavy atom. The number of nitrogen functional groups attached to an aromatic ring is 1. The molecule has 3 N–H and O–H groups in total. The van der Waals surface area contributed by atoms with Crippen LogP contribution in [0.25, 0.3) is 50.0 Å². The van der Waals surface area contributed by atoms with E-state index in [1.54, 1.807) is 6.20 Å². The first-order chi connectivity index (χ1) is 21.0. The van der Waals surface area contributed by atoms with Gasteiger partial charge in [-0.1, -0.05) is 30.3 Å². The van der Waals surface area contributed by atoms with Crippen LogP contribution in [0.4, 0.5) is 11.6 Å². The van der Waals surface area contributed by atoms with Crippen molar-refractivity contribution in [1.82, 2.24) is 24.7 Å². The highest BCUT2D eigenvalue weighted by Gasteiger charge is 2.24. The summed E-state index contributed by atoms with van der Waals surface area (Å²) in [5.74, 6) is 0.794. The van der Waals surface area contributed by atoms with Crippen molar-refractivity contribution in [2.24, 2.45) is 0 Å². The van der Waals surface area contributed by atoms with Crippen LogP contribution in [0.5, 0.6) is 0 Å². The molecule has 3 aromatic heterocycles. The van der Waals surface area contributed by atoms with Crippen molar-refractivity contribution in [2.45, 2.75) is 25.7 Å². The van der Waals surface area contributed by atoms with Crippen LogP contribution >= 0.6 is 0 Å². The van der Waals surface area contributed by atoms with Gasteiger partial charge in [0.2, 0.25) is 5.95 Å². The minimum absolute atomic E-state index is 0.142. The van der Waals surface area contributed by atoms with Crippen LogP contribution in [0, 0.1) is 6.92 Å². The van der Waals surface area contributed by atoms with E-state index in [9.17, 15) is 4.79 Å². The van der Waals surface area contributed by atoms with Crippen LogP contribution in [0.2, 0.25) is 0 Å². The lowest BCUT2D eigenvalue weighted by Crippen LogP contribution is -2.36. The Balaban J connectivity index is 1.19. The summed E-state index contributed by atoms with van der Waals surface area (Å²) in [6.07, 6.45) is 4.22. The van der Waals surface area contributed by atoms with Gasteiger partial charge in [0, 0.05) is 40.8 Å². The van der Waals surface area contributed by atoms with E-state index in [2.05, 4.69) is 67.4 Å². The number of morpholine rings is 1. The Labute approximate surface area is 248 Å². The summed E-state index contributed by atoms with van der Waals surface area (Å²) in [6.45, 7) is 5.27. The van der Waals surface area contributed by atoms with Gasteiger partial charge in [0.25, 0.3) is 5.56 Å². The van der Waals surface area contributed by atoms with Crippen molar-refractivity contribution in [1.29, 1.82) is 0 Å². The first kappa shape index (κ1) is 25.7. The number of hydrogen-bond acceptors (Lipinski definition) is 7. The highest BCUT2D eigenvalue weighted by molar-refractivity contribution is 5.96. The summed E-state index contributed by atoms with van der Waals surface area (Å²) in [5, 5.41) is 6.98. The number of nitrogens with one attached hydrogen (secondary N) is 1. The molecule has 1 aliphatic heterocycles. The van der Waals surface area contributed by atoms with E-state index < -0.39 is 0 Å². The predicted octanol–water partition coefficient (Wildman–Crippen LogP) is 5.60. The fourth-order valence-corrected chi connectivity index (χ4v) is 6.18. The molecule has 1 saturated heterocycles. The smallest absolute Gasteiger partial charge is 0.279 e. The van der Waals surface area contributed by atoms with Crippen LogP contribution in [-0.2, 0) is 4.74 Å². The number of H-pyrrole nitrogens is 1. The van der Waals surface area contributed by atoms with E-state index in [1.807, 2.05) is 31.2 Å². The van der Waals surface area contributed by atoms with Crippen LogP contribution in [-0.4, -0.2) is 51.0 Å². The van der Waals surface area contributed by atoms with E-state index >= 15 is 0 Å². The van der Waals surface area contributed by atoms with Crippen molar-refractivity contribution in [2.75, 3.05) is 36.9 Å². The van der Waals surface area contributed by atoms with E-state index in [0.717, 1.165) is 59.5 Å². The summed E-state index contributed by atoms with van der Waals surface area (Å²) < 4.78 is 6.98. The van der Waals surface area contributed by atoms with Gasteiger partial charge in [-0.05, 0) is 78.8 Å². The minimum atomic E-state index is -0.142. The molecule has 0 radical (unpaired) electrons. The molecular formula is C34H31N7O2. The zero-order chi connectivity index (χ0) is 29.1. The number of ether oxygens (including phenoxy) is 1. The quantitative estimate of drug-likeness (QED) is 0.278. The summed E-state index contributed by atoms with van der Waals surface area (Å²) in [5.41, 5.74) is 14.3. The molecular weight excluding hydrogens is 538 g/mol. The third-order valence-corrected chi connectivity index (χ3v) is 8.71. The van der Waals surface area contributed by atoms with E-state index in [0.29, 0.717) is 28.3 Å². The van der Waals surface area contributed by atoms with Gasteiger partial charge in [-0.15, -0.1) is 0 Å². The topological polar surface area (TPSA) is 115 Å². The highest BCUT2D eigenvalue weighted by Crippen LogP contribution is 2.40. The van der Waals surface area contributed by atoms with Crippen molar-refractivity contribution in [3.63, 3.8) is 0 Å². The third-order valence-electron chi connectivity index (χ3n) is 8.71. The number of aromatic nitrogens is 5. The molecule has 9 nitrogen and oxygen atoms in total. The second-order valence-corrected chi connectivity index (χ2v) is 11.5. The molecule has 0 bridgehead atoms. The average Bonchev–Trinajstić information content (AvgIpc) is 3.80. The summed E-state index contributed by atoms with van der Waals surface area (Å²) in [7, 11) is 0. The normalized spacial score (nSPS) is 15.4. The molecule has 43 heavy (non-hydrogen) atoms. The maximum atomic E-state index is 13.6. The standard InChI is InChI=1S/C34H31N7O2/c1-20-26(3-2-4-30(20)41-33(42)27-12-9-23(21-5-6-21)17-24(27)19-36-41)31-28-18-29(37-32(28)39-34(35)38-31)22-7-10-25(11-8-22)40-13-15-43-16-14-40/h2-4,7-12,17-19,21H,5-6,13-16H2,1H3,(H3,35,37,38,39). The van der Waals surface area contributed by atoms with E-state index in [1.165, 1.54) is 28.8 Å². The van der Waals surface area contributed by atoms with Crippen LogP contribution in [0.3, 0.4) is 0 Å². The average molecular weight is 570 g/mol. The maximum Gasteiger partial charge on any atom is 0.279 e. The molecule has 0 atom stereocenters. The molecule has 6 aromatic rings. The molecule has 3 aromatic carbocycles. The summed E-state index contributed by atoms with van der Waals surface area (Å²) in [4.78, 5) is 28.6. The van der Waals surface area contributed by atoms with E-state index in [-0.39, 0.29) is 11.5 Å². The predicted molar refractivity (Wildman–Crippen MR) is 170 cm³/mol. The largest absolute Gasteiger partial charge is 0.378 e. The minimum Gasteiger partial charge on any atom is -0.378 e. The van der Waals surface area contributed by atoms with Crippen molar-refractivity contribution >= 4 is 33.4 Å². The molecule has 4 heterocycles. The van der Waals surface area contributed by atoms with Gasteiger partial charge >= 0.3 is 0 Å². The lowest BCUT2D eigenvalue weighted by atomic mass is 10.0. The second-order valence-electron chi connectivity index (χ2n) is 11.5. The van der Waals surface area contributed by atoms with Gasteiger partial charge in [0.15, 0.2) is 0 Å². The van der Waals surface area contributed by atoms with Crippen LogP contribution in [0.1, 0.15) is 29.9 Å². The molecule has 214 valence electrons. The van der Waals surface area contributed by atoms with Crippen molar-refractivity contribution in [3.8, 4) is 28.2 Å². The molecule has 0 unspecified atom stereocenters. The van der Waals surface area contributed by atoms with Crippen LogP contribution < -0.4 is 16.2 Å². The van der Waals surface area contributed by atoms with E-state index in [4.69, 9.17) is 10.5 Å². The first-order valence-corrected chi connectivity index (χ1v) is 14.8. The second kappa shape index (κ2) is 10.1. The van der Waals surface area contributed by atoms with Gasteiger partial charge in [-0.3, -0.25) is 4.79 Å². The molecule has 1 saturated carbocycles. The lowest BCUT2D eigenvalue weighted by molar-refractivity contribution is 0.122. The van der Waals surface area contributed by atoms with Gasteiger partial charge in [0.05, 0.1) is 36.2 Å². The SMILES string of the molecule is Cc1c(-c2nc(N)nc3[nH]c(-c4ccc(N5CCOCC5)cc4)cc23)cccc1-n1ncc2cc(C3CC3)ccc2c1=O. The van der Waals surface area contributed by atoms with Gasteiger partial charge in [-0.2, -0.15) is 14.8 Å². The Kier molecular flexibility index (Phi) is 6.01. The van der Waals surface area contributed by atoms with Gasteiger partial charge in [-0.25, -0.2) is 4.98 Å². The van der Waals surface area contributed by atoms with Crippen molar-refractivity contribution in [3.05, 3.63) is 94.4 Å². The molecule has 0 amide bonds. The Morgan fingerprint density at radius 1 is 0.953 bits per heavy atom. The number of fused-ring (bicyclic) bond motifs is 2. The first-order valence-electron chi connectivity index (χ1n) is 14.8. The number of anilines is 2. The number of hydrogen-bond donors (Lipinski definition) is 2. The fourth-order valence-electron chi connectivity index (χ4n) is 6.18. The summed E-state index contributed by atoms with van der Waals surface area (Å²) in [6, 6.07) is 22.5. The maximum absolute atomic E-state index is 13.6. The molecule has 9 heteroatoms. The molecule has 2 fully saturated rings. The molecule has 0 spiro atoms. The highest BCUT2D eigenvalue weighted by atomic mass is 16.5. The van der Waals surface area contributed by atoms with Gasteiger partial charge in [0.1, 0.15) is 5.65 Å².